The van der Waals surface area contributed by atoms with Crippen LogP contribution < -0.4 is 10.6 Å². The molecule has 0 bridgehead atoms. The van der Waals surface area contributed by atoms with E-state index in [1.54, 1.807) is 10.9 Å². The number of nitrogens with one attached hydrogen (secondary N) is 2. The van der Waals surface area contributed by atoms with Gasteiger partial charge in [-0.15, -0.1) is 0 Å². The van der Waals surface area contributed by atoms with Crippen molar-refractivity contribution in [2.24, 2.45) is 7.05 Å². The molecule has 0 spiro atoms. The molecule has 4 rings (SSSR count). The molecule has 0 aliphatic carbocycles. The van der Waals surface area contributed by atoms with Crippen molar-refractivity contribution in [1.82, 2.24) is 19.7 Å². The van der Waals surface area contributed by atoms with E-state index in [4.69, 9.17) is 4.98 Å². The molecule has 6 heteroatoms. The summed E-state index contributed by atoms with van der Waals surface area (Å²) in [6.45, 7) is 8.36. The van der Waals surface area contributed by atoms with Crippen molar-refractivity contribution in [1.29, 1.82) is 0 Å². The molecule has 142 valence electrons. The lowest BCUT2D eigenvalue weighted by Crippen LogP contribution is -2.04. The lowest BCUT2D eigenvalue weighted by atomic mass is 10.1. The summed E-state index contributed by atoms with van der Waals surface area (Å²) in [5, 5.41) is 12.0. The van der Waals surface area contributed by atoms with Crippen molar-refractivity contribution in [3.05, 3.63) is 64.8 Å². The lowest BCUT2D eigenvalue weighted by Gasteiger charge is -2.13. The molecule has 2 N–H and O–H groups in total. The maximum atomic E-state index is 4.74. The van der Waals surface area contributed by atoms with E-state index in [9.17, 15) is 0 Å². The van der Waals surface area contributed by atoms with Gasteiger partial charge in [0.2, 0.25) is 5.95 Å². The first-order chi connectivity index (χ1) is 13.4. The molecule has 0 aliphatic rings. The van der Waals surface area contributed by atoms with E-state index in [0.29, 0.717) is 5.95 Å². The molecule has 0 fully saturated rings. The predicted molar refractivity (Wildman–Crippen MR) is 115 cm³/mol. The summed E-state index contributed by atoms with van der Waals surface area (Å²) in [7, 11) is 1.89. The monoisotopic (exact) mass is 372 g/mol. The highest BCUT2D eigenvalue weighted by Gasteiger charge is 2.13. The summed E-state index contributed by atoms with van der Waals surface area (Å²) < 4.78 is 1.76. The molecule has 0 amide bonds. The summed E-state index contributed by atoms with van der Waals surface area (Å²) in [5.74, 6) is 1.27. The van der Waals surface area contributed by atoms with E-state index in [1.807, 2.05) is 13.1 Å². The fourth-order valence-electron chi connectivity index (χ4n) is 3.12. The Morgan fingerprint density at radius 3 is 2.39 bits per heavy atom. The second kappa shape index (κ2) is 6.96. The van der Waals surface area contributed by atoms with Crippen LogP contribution >= 0.6 is 0 Å². The Morgan fingerprint density at radius 2 is 1.61 bits per heavy atom. The van der Waals surface area contributed by atoms with Gasteiger partial charge >= 0.3 is 0 Å². The van der Waals surface area contributed by atoms with Gasteiger partial charge in [0.05, 0.1) is 11.6 Å². The number of benzene rings is 2. The van der Waals surface area contributed by atoms with Gasteiger partial charge in [0.25, 0.3) is 0 Å². The van der Waals surface area contributed by atoms with E-state index in [-0.39, 0.29) is 0 Å². The quantitative estimate of drug-likeness (QED) is 0.523. The number of nitrogens with zero attached hydrogens (tertiary/aromatic N) is 4. The van der Waals surface area contributed by atoms with E-state index < -0.39 is 0 Å². The van der Waals surface area contributed by atoms with Crippen LogP contribution in [0.25, 0.3) is 11.0 Å². The van der Waals surface area contributed by atoms with Gasteiger partial charge in [-0.1, -0.05) is 18.2 Å². The fraction of sp³-hybridized carbons (Fsp3) is 0.227. The number of hydrogen-bond acceptors (Lipinski definition) is 5. The molecule has 0 atom stereocenters. The zero-order valence-electron chi connectivity index (χ0n) is 16.8. The second-order valence-electron chi connectivity index (χ2n) is 7.27. The van der Waals surface area contributed by atoms with E-state index >= 15 is 0 Å². The smallest absolute Gasteiger partial charge is 0.231 e. The van der Waals surface area contributed by atoms with Gasteiger partial charge in [-0.05, 0) is 68.1 Å². The van der Waals surface area contributed by atoms with E-state index in [0.717, 1.165) is 33.8 Å². The molecule has 28 heavy (non-hydrogen) atoms. The molecule has 6 nitrogen and oxygen atoms in total. The van der Waals surface area contributed by atoms with Gasteiger partial charge in [0, 0.05) is 18.4 Å². The minimum Gasteiger partial charge on any atom is -0.339 e. The van der Waals surface area contributed by atoms with Crippen molar-refractivity contribution in [2.45, 2.75) is 27.7 Å². The first-order valence-corrected chi connectivity index (χ1v) is 9.29. The first-order valence-electron chi connectivity index (χ1n) is 9.29. The third kappa shape index (κ3) is 3.41. The number of aryl methyl sites for hydroxylation is 5. The van der Waals surface area contributed by atoms with Crippen molar-refractivity contribution in [3.63, 3.8) is 0 Å². The summed E-state index contributed by atoms with van der Waals surface area (Å²) in [5.41, 5.74) is 7.59. The number of hydrogen-bond donors (Lipinski definition) is 2. The molecule has 0 saturated heterocycles. The number of anilines is 4. The minimum absolute atomic E-state index is 0.534. The topological polar surface area (TPSA) is 67.7 Å². The molecule has 0 aliphatic heterocycles. The largest absolute Gasteiger partial charge is 0.339 e. The summed E-state index contributed by atoms with van der Waals surface area (Å²) in [6, 6.07) is 12.6. The van der Waals surface area contributed by atoms with E-state index in [1.165, 1.54) is 16.7 Å². The van der Waals surface area contributed by atoms with Crippen LogP contribution in [0.3, 0.4) is 0 Å². The standard InChI is InChI=1S/C22H24N6/c1-13-6-7-15(3)19(10-13)25-20-18-12-23-28(5)21(18)27-22(26-20)24-17-9-8-14(2)16(4)11-17/h6-12H,1-5H3,(H2,24,25,26,27). The Labute approximate surface area is 164 Å². The summed E-state index contributed by atoms with van der Waals surface area (Å²) >= 11 is 0. The Morgan fingerprint density at radius 1 is 0.821 bits per heavy atom. The van der Waals surface area contributed by atoms with Gasteiger partial charge in [-0.3, -0.25) is 4.68 Å². The Kier molecular flexibility index (Phi) is 4.47. The van der Waals surface area contributed by atoms with Crippen molar-refractivity contribution >= 4 is 34.2 Å². The normalized spacial score (nSPS) is 11.0. The van der Waals surface area contributed by atoms with Crippen LogP contribution in [0.15, 0.2) is 42.6 Å². The second-order valence-corrected chi connectivity index (χ2v) is 7.27. The maximum absolute atomic E-state index is 4.74. The van der Waals surface area contributed by atoms with Crippen LogP contribution in [-0.2, 0) is 7.05 Å². The fourth-order valence-corrected chi connectivity index (χ4v) is 3.12. The van der Waals surface area contributed by atoms with Crippen molar-refractivity contribution in [3.8, 4) is 0 Å². The van der Waals surface area contributed by atoms with Gasteiger partial charge in [-0.2, -0.15) is 15.1 Å². The Bertz CT molecular complexity index is 1180. The lowest BCUT2D eigenvalue weighted by molar-refractivity contribution is 0.786. The molecule has 2 aromatic carbocycles. The zero-order chi connectivity index (χ0) is 19.8. The first kappa shape index (κ1) is 18.0. The van der Waals surface area contributed by atoms with Crippen molar-refractivity contribution < 1.29 is 0 Å². The molecular weight excluding hydrogens is 348 g/mol. The van der Waals surface area contributed by atoms with Crippen molar-refractivity contribution in [2.75, 3.05) is 10.6 Å². The third-order valence-corrected chi connectivity index (χ3v) is 5.00. The number of fused-ring (bicyclic) bond motifs is 1. The third-order valence-electron chi connectivity index (χ3n) is 5.00. The highest BCUT2D eigenvalue weighted by molar-refractivity contribution is 5.90. The van der Waals surface area contributed by atoms with Gasteiger partial charge < -0.3 is 10.6 Å². The van der Waals surface area contributed by atoms with Crippen LogP contribution in [0.5, 0.6) is 0 Å². The molecular formula is C22H24N6. The van der Waals surface area contributed by atoms with Crippen LogP contribution in [0.1, 0.15) is 22.3 Å². The van der Waals surface area contributed by atoms with Crippen LogP contribution in [0.4, 0.5) is 23.1 Å². The van der Waals surface area contributed by atoms with Crippen LogP contribution in [0.2, 0.25) is 0 Å². The average Bonchev–Trinajstić information content (AvgIpc) is 3.03. The zero-order valence-corrected chi connectivity index (χ0v) is 16.8. The number of rotatable bonds is 4. The van der Waals surface area contributed by atoms with Crippen LogP contribution in [-0.4, -0.2) is 19.7 Å². The van der Waals surface area contributed by atoms with Gasteiger partial charge in [0.1, 0.15) is 5.82 Å². The average molecular weight is 372 g/mol. The number of aromatic nitrogens is 4. The summed E-state index contributed by atoms with van der Waals surface area (Å²) in [6.07, 6.45) is 1.79. The Hall–Kier alpha value is -3.41. The molecule has 4 aromatic rings. The molecule has 2 heterocycles. The Balaban J connectivity index is 1.77. The van der Waals surface area contributed by atoms with E-state index in [2.05, 4.69) is 78.7 Å². The SMILES string of the molecule is Cc1ccc(C)c(Nc2nc(Nc3ccc(C)c(C)c3)nc3c2cnn3C)c1. The molecule has 0 radical (unpaired) electrons. The molecule has 0 unspecified atom stereocenters. The van der Waals surface area contributed by atoms with Crippen LogP contribution in [0, 0.1) is 27.7 Å². The maximum Gasteiger partial charge on any atom is 0.231 e. The highest BCUT2D eigenvalue weighted by atomic mass is 15.3. The summed E-state index contributed by atoms with van der Waals surface area (Å²) in [4.78, 5) is 9.40. The van der Waals surface area contributed by atoms with Gasteiger partial charge in [-0.25, -0.2) is 0 Å². The molecule has 0 saturated carbocycles. The minimum atomic E-state index is 0.534. The molecule has 2 aromatic heterocycles. The highest BCUT2D eigenvalue weighted by Crippen LogP contribution is 2.28. The predicted octanol–water partition coefficient (Wildman–Crippen LogP) is 5.08. The van der Waals surface area contributed by atoms with Gasteiger partial charge in [0.15, 0.2) is 5.65 Å².